The van der Waals surface area contributed by atoms with E-state index in [1.165, 1.54) is 0 Å². The third kappa shape index (κ3) is 3.74. The van der Waals surface area contributed by atoms with Crippen LogP contribution in [0.3, 0.4) is 0 Å². The van der Waals surface area contributed by atoms with Crippen LogP contribution in [0.4, 0.5) is 0 Å². The van der Waals surface area contributed by atoms with Crippen LogP contribution in [0.2, 0.25) is 0 Å². The Balaban J connectivity index is 2.29. The van der Waals surface area contributed by atoms with Crippen LogP contribution in [0.5, 0.6) is 0 Å². The molecule has 1 aliphatic heterocycles. The number of nitrogens with two attached hydrogens (primary N) is 1. The molecule has 0 aromatic rings. The second-order valence-corrected chi connectivity index (χ2v) is 3.53. The molecule has 0 aromatic heterocycles. The van der Waals surface area contributed by atoms with Crippen LogP contribution >= 0.6 is 0 Å². The predicted molar refractivity (Wildman–Crippen MR) is 50.3 cm³/mol. The molecule has 2 atom stereocenters. The third-order valence-corrected chi connectivity index (χ3v) is 2.36. The number of carbonyl (C=O) groups is 1. The van der Waals surface area contributed by atoms with Crippen LogP contribution in [-0.4, -0.2) is 31.2 Å². The molecule has 0 aliphatic carbocycles. The molecule has 76 valence electrons. The Kier molecular flexibility index (Phi) is 4.18. The Morgan fingerprint density at radius 2 is 2.31 bits per heavy atom. The van der Waals surface area contributed by atoms with Gasteiger partial charge in [-0.3, -0.25) is 4.79 Å². The van der Waals surface area contributed by atoms with E-state index in [0.717, 1.165) is 32.5 Å². The Morgan fingerprint density at radius 1 is 1.54 bits per heavy atom. The standard InChI is InChI=1S/C9H18N2O2/c1-7(9(10)12)11-8-3-2-5-13-6-4-8/h7-8,11H,2-6H2,1H3,(H2,10,12). The van der Waals surface area contributed by atoms with Gasteiger partial charge in [0.25, 0.3) is 0 Å². The van der Waals surface area contributed by atoms with Crippen LogP contribution in [0, 0.1) is 0 Å². The zero-order valence-corrected chi connectivity index (χ0v) is 8.08. The summed E-state index contributed by atoms with van der Waals surface area (Å²) in [5.41, 5.74) is 5.16. The number of hydrogen-bond acceptors (Lipinski definition) is 3. The average Bonchev–Trinajstić information content (AvgIpc) is 2.32. The summed E-state index contributed by atoms with van der Waals surface area (Å²) < 4.78 is 5.31. The number of hydrogen-bond donors (Lipinski definition) is 2. The minimum Gasteiger partial charge on any atom is -0.381 e. The summed E-state index contributed by atoms with van der Waals surface area (Å²) in [7, 11) is 0. The van der Waals surface area contributed by atoms with Crippen LogP contribution < -0.4 is 11.1 Å². The van der Waals surface area contributed by atoms with Gasteiger partial charge in [0.1, 0.15) is 0 Å². The van der Waals surface area contributed by atoms with Gasteiger partial charge >= 0.3 is 0 Å². The molecule has 3 N–H and O–H groups in total. The van der Waals surface area contributed by atoms with Crippen molar-refractivity contribution >= 4 is 5.91 Å². The van der Waals surface area contributed by atoms with Crippen LogP contribution in [-0.2, 0) is 9.53 Å². The lowest BCUT2D eigenvalue weighted by molar-refractivity contribution is -0.119. The Bertz CT molecular complexity index is 165. The summed E-state index contributed by atoms with van der Waals surface area (Å²) in [6.45, 7) is 3.42. The lowest BCUT2D eigenvalue weighted by atomic mass is 10.1. The van der Waals surface area contributed by atoms with E-state index in [2.05, 4.69) is 5.32 Å². The SMILES string of the molecule is CC(NC1CCCOCC1)C(N)=O. The van der Waals surface area contributed by atoms with Gasteiger partial charge in [-0.25, -0.2) is 0 Å². The Labute approximate surface area is 78.8 Å². The molecule has 4 heteroatoms. The highest BCUT2D eigenvalue weighted by Crippen LogP contribution is 2.08. The first-order valence-corrected chi connectivity index (χ1v) is 4.83. The van der Waals surface area contributed by atoms with Crippen molar-refractivity contribution in [1.29, 1.82) is 0 Å². The van der Waals surface area contributed by atoms with Crippen LogP contribution in [0.15, 0.2) is 0 Å². The summed E-state index contributed by atoms with van der Waals surface area (Å²) in [4.78, 5) is 10.8. The van der Waals surface area contributed by atoms with E-state index in [9.17, 15) is 4.79 Å². The summed E-state index contributed by atoms with van der Waals surface area (Å²) in [6.07, 6.45) is 3.10. The topological polar surface area (TPSA) is 64.3 Å². The number of rotatable bonds is 3. The normalized spacial score (nSPS) is 26.4. The number of amides is 1. The summed E-state index contributed by atoms with van der Waals surface area (Å²) >= 11 is 0. The second kappa shape index (κ2) is 5.19. The van der Waals surface area contributed by atoms with Gasteiger partial charge in [0.05, 0.1) is 6.04 Å². The maximum Gasteiger partial charge on any atom is 0.234 e. The van der Waals surface area contributed by atoms with Crippen LogP contribution in [0.1, 0.15) is 26.2 Å². The van der Waals surface area contributed by atoms with Crippen molar-refractivity contribution in [3.05, 3.63) is 0 Å². The largest absolute Gasteiger partial charge is 0.381 e. The van der Waals surface area contributed by atoms with E-state index >= 15 is 0 Å². The Morgan fingerprint density at radius 3 is 3.00 bits per heavy atom. The molecule has 0 aromatic carbocycles. The zero-order chi connectivity index (χ0) is 9.68. The minimum absolute atomic E-state index is 0.233. The molecule has 0 saturated carbocycles. The van der Waals surface area contributed by atoms with Crippen molar-refractivity contribution in [2.24, 2.45) is 5.73 Å². The van der Waals surface area contributed by atoms with Crippen molar-refractivity contribution in [2.75, 3.05) is 13.2 Å². The number of primary amides is 1. The zero-order valence-electron chi connectivity index (χ0n) is 8.08. The maximum absolute atomic E-state index is 10.8. The number of ether oxygens (including phenoxy) is 1. The second-order valence-electron chi connectivity index (χ2n) is 3.53. The van der Waals surface area contributed by atoms with Gasteiger partial charge in [-0.15, -0.1) is 0 Å². The van der Waals surface area contributed by atoms with Crippen molar-refractivity contribution in [2.45, 2.75) is 38.3 Å². The number of nitrogens with one attached hydrogen (secondary N) is 1. The highest BCUT2D eigenvalue weighted by molar-refractivity contribution is 5.79. The Hall–Kier alpha value is -0.610. The molecular formula is C9H18N2O2. The van der Waals surface area contributed by atoms with Crippen molar-refractivity contribution in [3.8, 4) is 0 Å². The highest BCUT2D eigenvalue weighted by atomic mass is 16.5. The van der Waals surface area contributed by atoms with Crippen molar-refractivity contribution < 1.29 is 9.53 Å². The van der Waals surface area contributed by atoms with E-state index < -0.39 is 0 Å². The lowest BCUT2D eigenvalue weighted by Gasteiger charge is -2.19. The molecule has 4 nitrogen and oxygen atoms in total. The average molecular weight is 186 g/mol. The van der Waals surface area contributed by atoms with Crippen molar-refractivity contribution in [3.63, 3.8) is 0 Å². The molecule has 0 spiro atoms. The quantitative estimate of drug-likeness (QED) is 0.653. The summed E-state index contributed by atoms with van der Waals surface area (Å²) in [6, 6.07) is 0.146. The van der Waals surface area contributed by atoms with Crippen molar-refractivity contribution in [1.82, 2.24) is 5.32 Å². The first-order chi connectivity index (χ1) is 6.20. The minimum atomic E-state index is -0.287. The molecule has 13 heavy (non-hydrogen) atoms. The van der Waals surface area contributed by atoms with Gasteiger partial charge in [-0.2, -0.15) is 0 Å². The highest BCUT2D eigenvalue weighted by Gasteiger charge is 2.16. The smallest absolute Gasteiger partial charge is 0.234 e. The monoisotopic (exact) mass is 186 g/mol. The molecular weight excluding hydrogens is 168 g/mol. The first kappa shape index (κ1) is 10.5. The summed E-state index contributed by atoms with van der Waals surface area (Å²) in [5.74, 6) is -0.287. The third-order valence-electron chi connectivity index (χ3n) is 2.36. The van der Waals surface area contributed by atoms with E-state index in [-0.39, 0.29) is 11.9 Å². The van der Waals surface area contributed by atoms with E-state index in [0.29, 0.717) is 6.04 Å². The predicted octanol–water partition coefficient (Wildman–Crippen LogP) is 0.0189. The van der Waals surface area contributed by atoms with Crippen LogP contribution in [0.25, 0.3) is 0 Å². The lowest BCUT2D eigenvalue weighted by Crippen LogP contribution is -2.44. The van der Waals surface area contributed by atoms with E-state index in [1.54, 1.807) is 6.92 Å². The van der Waals surface area contributed by atoms with Gasteiger partial charge in [-0.05, 0) is 26.2 Å². The molecule has 1 amide bonds. The molecule has 0 radical (unpaired) electrons. The molecule has 1 saturated heterocycles. The number of carbonyl (C=O) groups excluding carboxylic acids is 1. The fourth-order valence-electron chi connectivity index (χ4n) is 1.51. The maximum atomic E-state index is 10.8. The molecule has 1 heterocycles. The molecule has 1 aliphatic rings. The first-order valence-electron chi connectivity index (χ1n) is 4.83. The van der Waals surface area contributed by atoms with E-state index in [4.69, 9.17) is 10.5 Å². The molecule has 0 bridgehead atoms. The molecule has 1 fully saturated rings. The van der Waals surface area contributed by atoms with Gasteiger partial charge in [0.2, 0.25) is 5.91 Å². The van der Waals surface area contributed by atoms with Gasteiger partial charge < -0.3 is 15.8 Å². The van der Waals surface area contributed by atoms with E-state index in [1.807, 2.05) is 0 Å². The molecule has 2 unspecified atom stereocenters. The molecule has 1 rings (SSSR count). The summed E-state index contributed by atoms with van der Waals surface area (Å²) in [5, 5.41) is 3.20. The fourth-order valence-corrected chi connectivity index (χ4v) is 1.51. The van der Waals surface area contributed by atoms with Gasteiger partial charge in [-0.1, -0.05) is 0 Å². The van der Waals surface area contributed by atoms with Gasteiger partial charge in [0.15, 0.2) is 0 Å². The van der Waals surface area contributed by atoms with Gasteiger partial charge in [0, 0.05) is 19.3 Å². The fraction of sp³-hybridized carbons (Fsp3) is 0.889.